The highest BCUT2D eigenvalue weighted by atomic mass is 32.2. The van der Waals surface area contributed by atoms with Gasteiger partial charge in [0.15, 0.2) is 15.6 Å². The summed E-state index contributed by atoms with van der Waals surface area (Å²) in [6.07, 6.45) is 1.28. The Hall–Kier alpha value is -3.39. The van der Waals surface area contributed by atoms with E-state index in [2.05, 4.69) is 10.6 Å². The molecule has 0 unspecified atom stereocenters. The lowest BCUT2D eigenvalue weighted by Gasteiger charge is -2.07. The molecule has 8 heteroatoms. The van der Waals surface area contributed by atoms with Crippen LogP contribution in [0.3, 0.4) is 0 Å². The van der Waals surface area contributed by atoms with Gasteiger partial charge in [0, 0.05) is 23.9 Å². The number of furan rings is 1. The first-order valence-electron chi connectivity index (χ1n) is 8.38. The maximum Gasteiger partial charge on any atom is 0.291 e. The molecule has 2 amide bonds. The molecular formula is C20H18N2O5S. The maximum absolute atomic E-state index is 12.6. The second-order valence-corrected chi connectivity index (χ2v) is 7.95. The lowest BCUT2D eigenvalue weighted by molar-refractivity contribution is 0.0962. The van der Waals surface area contributed by atoms with E-state index in [1.54, 1.807) is 42.5 Å². The molecule has 0 saturated heterocycles. The van der Waals surface area contributed by atoms with Crippen molar-refractivity contribution >= 4 is 27.3 Å². The third kappa shape index (κ3) is 4.29. The second kappa shape index (κ2) is 8.10. The molecule has 2 N–H and O–H groups in total. The molecule has 1 aromatic heterocycles. The molecule has 0 aliphatic heterocycles. The standard InChI is InChI=1S/C20H18N2O5S/c1-21-19(23)14-7-9-16(10-8-14)22-20(24)18-15(11-12-27-18)13-28(25,26)17-5-3-2-4-6-17/h2-12H,13H2,1H3,(H,21,23)(H,22,24). The number of anilines is 1. The summed E-state index contributed by atoms with van der Waals surface area (Å²) in [5, 5.41) is 5.14. The van der Waals surface area contributed by atoms with Gasteiger partial charge in [-0.3, -0.25) is 9.59 Å². The molecule has 0 radical (unpaired) electrons. The van der Waals surface area contributed by atoms with Gasteiger partial charge >= 0.3 is 0 Å². The molecule has 0 saturated carbocycles. The van der Waals surface area contributed by atoms with Gasteiger partial charge in [-0.05, 0) is 42.5 Å². The van der Waals surface area contributed by atoms with Gasteiger partial charge in [-0.2, -0.15) is 0 Å². The lowest BCUT2D eigenvalue weighted by atomic mass is 10.2. The van der Waals surface area contributed by atoms with Crippen molar-refractivity contribution in [3.63, 3.8) is 0 Å². The van der Waals surface area contributed by atoms with Crippen molar-refractivity contribution in [3.05, 3.63) is 83.8 Å². The molecular weight excluding hydrogens is 380 g/mol. The molecule has 3 aromatic rings. The third-order valence-electron chi connectivity index (χ3n) is 4.03. The molecule has 0 bridgehead atoms. The van der Waals surface area contributed by atoms with E-state index >= 15 is 0 Å². The van der Waals surface area contributed by atoms with Gasteiger partial charge in [0.1, 0.15) is 0 Å². The molecule has 0 spiro atoms. The van der Waals surface area contributed by atoms with Crippen molar-refractivity contribution in [2.45, 2.75) is 10.6 Å². The van der Waals surface area contributed by atoms with E-state index in [9.17, 15) is 18.0 Å². The Morgan fingerprint density at radius 3 is 2.25 bits per heavy atom. The van der Waals surface area contributed by atoms with Crippen LogP contribution in [0.4, 0.5) is 5.69 Å². The highest BCUT2D eigenvalue weighted by molar-refractivity contribution is 7.90. The Bertz CT molecular complexity index is 1090. The normalized spacial score (nSPS) is 11.0. The van der Waals surface area contributed by atoms with E-state index in [0.29, 0.717) is 11.3 Å². The number of sulfone groups is 1. The fraction of sp³-hybridized carbons (Fsp3) is 0.100. The van der Waals surface area contributed by atoms with E-state index in [1.165, 1.54) is 31.5 Å². The number of hydrogen-bond acceptors (Lipinski definition) is 5. The number of rotatable bonds is 6. The highest BCUT2D eigenvalue weighted by Crippen LogP contribution is 2.21. The van der Waals surface area contributed by atoms with Gasteiger partial charge in [-0.1, -0.05) is 18.2 Å². The van der Waals surface area contributed by atoms with Crippen molar-refractivity contribution in [1.82, 2.24) is 5.32 Å². The fourth-order valence-electron chi connectivity index (χ4n) is 2.60. The van der Waals surface area contributed by atoms with E-state index < -0.39 is 15.7 Å². The predicted octanol–water partition coefficient (Wildman–Crippen LogP) is 2.87. The van der Waals surface area contributed by atoms with Crippen LogP contribution in [-0.4, -0.2) is 27.3 Å². The Morgan fingerprint density at radius 2 is 1.61 bits per heavy atom. The van der Waals surface area contributed by atoms with E-state index in [4.69, 9.17) is 4.42 Å². The average Bonchev–Trinajstić information content (AvgIpc) is 3.16. The maximum atomic E-state index is 12.6. The topological polar surface area (TPSA) is 105 Å². The molecule has 0 aliphatic rings. The van der Waals surface area contributed by atoms with Crippen LogP contribution in [0.2, 0.25) is 0 Å². The zero-order valence-electron chi connectivity index (χ0n) is 15.0. The first-order chi connectivity index (χ1) is 13.4. The molecule has 0 atom stereocenters. The van der Waals surface area contributed by atoms with Crippen LogP contribution >= 0.6 is 0 Å². The fourth-order valence-corrected chi connectivity index (χ4v) is 3.98. The van der Waals surface area contributed by atoms with Crippen molar-refractivity contribution < 1.29 is 22.4 Å². The van der Waals surface area contributed by atoms with Crippen molar-refractivity contribution in [2.75, 3.05) is 12.4 Å². The summed E-state index contributed by atoms with van der Waals surface area (Å²) in [6.45, 7) is 0. The molecule has 1 heterocycles. The zero-order valence-corrected chi connectivity index (χ0v) is 15.8. The number of nitrogens with one attached hydrogen (secondary N) is 2. The van der Waals surface area contributed by atoms with Gasteiger partial charge in [-0.25, -0.2) is 8.42 Å². The lowest BCUT2D eigenvalue weighted by Crippen LogP contribution is -2.18. The summed E-state index contributed by atoms with van der Waals surface area (Å²) >= 11 is 0. The number of benzene rings is 2. The summed E-state index contributed by atoms with van der Waals surface area (Å²) in [6, 6.07) is 15.8. The second-order valence-electron chi connectivity index (χ2n) is 5.96. The minimum Gasteiger partial charge on any atom is -0.459 e. The van der Waals surface area contributed by atoms with Crippen molar-refractivity contribution in [3.8, 4) is 0 Å². The van der Waals surface area contributed by atoms with Crippen LogP contribution in [0.1, 0.15) is 26.5 Å². The van der Waals surface area contributed by atoms with Gasteiger partial charge in [0.25, 0.3) is 11.8 Å². The van der Waals surface area contributed by atoms with Gasteiger partial charge in [0.05, 0.1) is 16.9 Å². The number of amides is 2. The average molecular weight is 398 g/mol. The first kappa shape index (κ1) is 19.4. The molecule has 7 nitrogen and oxygen atoms in total. The number of carbonyl (C=O) groups is 2. The Balaban J connectivity index is 1.76. The number of carbonyl (C=O) groups excluding carboxylic acids is 2. The van der Waals surface area contributed by atoms with Gasteiger partial charge < -0.3 is 15.1 Å². The SMILES string of the molecule is CNC(=O)c1ccc(NC(=O)c2occc2CS(=O)(=O)c2ccccc2)cc1. The molecule has 28 heavy (non-hydrogen) atoms. The predicted molar refractivity (Wildman–Crippen MR) is 104 cm³/mol. The molecule has 0 aliphatic carbocycles. The molecule has 144 valence electrons. The van der Waals surface area contributed by atoms with Crippen LogP contribution in [0.5, 0.6) is 0 Å². The minimum absolute atomic E-state index is 0.0742. The smallest absolute Gasteiger partial charge is 0.291 e. The highest BCUT2D eigenvalue weighted by Gasteiger charge is 2.22. The summed E-state index contributed by atoms with van der Waals surface area (Å²) < 4.78 is 30.3. The van der Waals surface area contributed by atoms with E-state index in [-0.39, 0.29) is 27.9 Å². The summed E-state index contributed by atoms with van der Waals surface area (Å²) in [4.78, 5) is 24.2. The summed E-state index contributed by atoms with van der Waals surface area (Å²) in [5.41, 5.74) is 1.17. The zero-order chi connectivity index (χ0) is 20.1. The quantitative estimate of drug-likeness (QED) is 0.664. The molecule has 3 rings (SSSR count). The third-order valence-corrected chi connectivity index (χ3v) is 5.71. The van der Waals surface area contributed by atoms with E-state index in [1.807, 2.05) is 0 Å². The van der Waals surface area contributed by atoms with Crippen LogP contribution in [0.15, 0.2) is 76.2 Å². The van der Waals surface area contributed by atoms with Crippen molar-refractivity contribution in [1.29, 1.82) is 0 Å². The van der Waals surface area contributed by atoms with Gasteiger partial charge in [0.2, 0.25) is 0 Å². The number of hydrogen-bond donors (Lipinski definition) is 2. The largest absolute Gasteiger partial charge is 0.459 e. The van der Waals surface area contributed by atoms with Crippen LogP contribution in [0, 0.1) is 0 Å². The van der Waals surface area contributed by atoms with Crippen LogP contribution in [0.25, 0.3) is 0 Å². The van der Waals surface area contributed by atoms with Gasteiger partial charge in [-0.15, -0.1) is 0 Å². The summed E-state index contributed by atoms with van der Waals surface area (Å²) in [7, 11) is -2.09. The minimum atomic E-state index is -3.61. The Kier molecular flexibility index (Phi) is 5.60. The monoisotopic (exact) mass is 398 g/mol. The van der Waals surface area contributed by atoms with Crippen LogP contribution < -0.4 is 10.6 Å². The van der Waals surface area contributed by atoms with Crippen LogP contribution in [-0.2, 0) is 15.6 Å². The van der Waals surface area contributed by atoms with Crippen molar-refractivity contribution in [2.24, 2.45) is 0 Å². The molecule has 0 fully saturated rings. The molecule has 2 aromatic carbocycles. The summed E-state index contributed by atoms with van der Waals surface area (Å²) in [5.74, 6) is -1.24. The Morgan fingerprint density at radius 1 is 0.929 bits per heavy atom. The van der Waals surface area contributed by atoms with E-state index in [0.717, 1.165) is 0 Å². The first-order valence-corrected chi connectivity index (χ1v) is 10.0. The Labute approximate surface area is 162 Å².